The minimum Gasteiger partial charge on any atom is -0.481 e. The molecule has 0 unspecified atom stereocenters. The van der Waals surface area contributed by atoms with E-state index in [1.54, 1.807) is 0 Å². The van der Waals surface area contributed by atoms with Gasteiger partial charge in [0.1, 0.15) is 0 Å². The van der Waals surface area contributed by atoms with Crippen LogP contribution in [0.15, 0.2) is 42.5 Å². The Hall–Kier alpha value is -1.65. The summed E-state index contributed by atoms with van der Waals surface area (Å²) in [7, 11) is 0. The van der Waals surface area contributed by atoms with Gasteiger partial charge in [0.2, 0.25) is 0 Å². The van der Waals surface area contributed by atoms with E-state index < -0.39 is 5.97 Å². The Labute approximate surface area is 168 Å². The summed E-state index contributed by atoms with van der Waals surface area (Å²) < 4.78 is 6.32. The van der Waals surface area contributed by atoms with Crippen LogP contribution in [0.3, 0.4) is 0 Å². The fraction of sp³-hybridized carbons (Fsp3) is 0.625. The number of fused-ring (bicyclic) bond motifs is 2. The van der Waals surface area contributed by atoms with Crippen LogP contribution >= 0.6 is 0 Å². The van der Waals surface area contributed by atoms with Gasteiger partial charge in [-0.05, 0) is 63.1 Å². The Balaban J connectivity index is 1.48. The Morgan fingerprint density at radius 1 is 1.21 bits per heavy atom. The van der Waals surface area contributed by atoms with E-state index in [2.05, 4.69) is 47.4 Å². The number of aliphatic carboxylic acids is 1. The molecule has 3 fully saturated rings. The molecule has 2 aliphatic heterocycles. The minimum absolute atomic E-state index is 0.141. The molecule has 1 aromatic carbocycles. The number of carboxylic acids is 1. The van der Waals surface area contributed by atoms with Gasteiger partial charge in [-0.3, -0.25) is 4.79 Å². The van der Waals surface area contributed by atoms with Gasteiger partial charge in [0, 0.05) is 24.3 Å². The summed E-state index contributed by atoms with van der Waals surface area (Å²) in [6.45, 7) is 4.48. The van der Waals surface area contributed by atoms with E-state index in [0.29, 0.717) is 17.9 Å². The van der Waals surface area contributed by atoms with Gasteiger partial charge in [-0.25, -0.2) is 0 Å². The Kier molecular flexibility index (Phi) is 6.17. The molecule has 4 rings (SSSR count). The zero-order valence-corrected chi connectivity index (χ0v) is 16.8. The predicted octanol–water partition coefficient (Wildman–Crippen LogP) is 4.26. The SMILES string of the molecule is O=C(O)CCCC=CC[C@H]1[C@H](CN2CCCC2)[C@@H]2C[C@@]1(c1ccccc1)CO2. The Morgan fingerprint density at radius 2 is 2.00 bits per heavy atom. The minimum atomic E-state index is -0.702. The van der Waals surface area contributed by atoms with Crippen molar-refractivity contribution in [3.8, 4) is 0 Å². The van der Waals surface area contributed by atoms with Crippen LogP contribution in [0, 0.1) is 11.8 Å². The molecule has 28 heavy (non-hydrogen) atoms. The average Bonchev–Trinajstić information content (AvgIpc) is 3.42. The van der Waals surface area contributed by atoms with Gasteiger partial charge in [0.05, 0.1) is 12.7 Å². The quantitative estimate of drug-likeness (QED) is 0.511. The zero-order chi connectivity index (χ0) is 19.4. The number of benzene rings is 1. The van der Waals surface area contributed by atoms with Crippen LogP contribution in [0.1, 0.15) is 50.5 Å². The third-order valence-electron chi connectivity index (χ3n) is 7.16. The smallest absolute Gasteiger partial charge is 0.303 e. The molecule has 152 valence electrons. The summed E-state index contributed by atoms with van der Waals surface area (Å²) >= 11 is 0. The Morgan fingerprint density at radius 3 is 2.75 bits per heavy atom. The average molecular weight is 384 g/mol. The number of nitrogens with zero attached hydrogens (tertiary/aromatic N) is 1. The number of rotatable bonds is 9. The van der Waals surface area contributed by atoms with Crippen LogP contribution in [0.2, 0.25) is 0 Å². The number of unbranched alkanes of at least 4 members (excludes halogenated alkanes) is 1. The number of carboxylic acid groups (broad SMARTS) is 1. The van der Waals surface area contributed by atoms with E-state index >= 15 is 0 Å². The van der Waals surface area contributed by atoms with Crippen molar-refractivity contribution in [2.75, 3.05) is 26.2 Å². The van der Waals surface area contributed by atoms with Gasteiger partial charge in [-0.2, -0.15) is 0 Å². The first kappa shape index (κ1) is 19.7. The first-order valence-electron chi connectivity index (χ1n) is 11.0. The van der Waals surface area contributed by atoms with Gasteiger partial charge in [0.25, 0.3) is 0 Å². The van der Waals surface area contributed by atoms with Gasteiger partial charge >= 0.3 is 5.97 Å². The van der Waals surface area contributed by atoms with E-state index in [0.717, 1.165) is 38.8 Å². The largest absolute Gasteiger partial charge is 0.481 e. The first-order chi connectivity index (χ1) is 13.7. The molecule has 2 heterocycles. The van der Waals surface area contributed by atoms with Crippen LogP contribution < -0.4 is 0 Å². The molecular formula is C24H33NO3. The molecule has 3 aliphatic rings. The highest BCUT2D eigenvalue weighted by molar-refractivity contribution is 5.66. The van der Waals surface area contributed by atoms with Crippen molar-refractivity contribution in [2.24, 2.45) is 11.8 Å². The summed E-state index contributed by atoms with van der Waals surface area (Å²) in [4.78, 5) is 13.3. The summed E-state index contributed by atoms with van der Waals surface area (Å²) in [5.41, 5.74) is 1.58. The summed E-state index contributed by atoms with van der Waals surface area (Å²) in [5, 5.41) is 8.80. The van der Waals surface area contributed by atoms with Crippen LogP contribution in [-0.4, -0.2) is 48.3 Å². The monoisotopic (exact) mass is 383 g/mol. The van der Waals surface area contributed by atoms with E-state index in [-0.39, 0.29) is 11.8 Å². The second kappa shape index (κ2) is 8.79. The zero-order valence-electron chi connectivity index (χ0n) is 16.8. The lowest BCUT2D eigenvalue weighted by Gasteiger charge is -2.40. The fourth-order valence-corrected chi connectivity index (χ4v) is 5.76. The molecule has 4 atom stereocenters. The van der Waals surface area contributed by atoms with Crippen molar-refractivity contribution in [3.05, 3.63) is 48.0 Å². The summed E-state index contributed by atoms with van der Waals surface area (Å²) in [6.07, 6.45) is 11.6. The van der Waals surface area contributed by atoms with Crippen molar-refractivity contribution >= 4 is 5.97 Å². The molecule has 1 aliphatic carbocycles. The second-order valence-corrected chi connectivity index (χ2v) is 8.85. The van der Waals surface area contributed by atoms with Crippen LogP contribution in [0.25, 0.3) is 0 Å². The molecule has 0 spiro atoms. The Bertz CT molecular complexity index is 682. The molecule has 4 heteroatoms. The lowest BCUT2D eigenvalue weighted by Crippen LogP contribution is -2.43. The molecule has 1 N–H and O–H groups in total. The fourth-order valence-electron chi connectivity index (χ4n) is 5.76. The van der Waals surface area contributed by atoms with E-state index in [1.807, 2.05) is 0 Å². The predicted molar refractivity (Wildman–Crippen MR) is 110 cm³/mol. The van der Waals surface area contributed by atoms with Gasteiger partial charge < -0.3 is 14.7 Å². The highest BCUT2D eigenvalue weighted by Crippen LogP contribution is 2.56. The lowest BCUT2D eigenvalue weighted by atomic mass is 9.69. The van der Waals surface area contributed by atoms with E-state index in [9.17, 15) is 4.79 Å². The number of carbonyl (C=O) groups is 1. The van der Waals surface area contributed by atoms with E-state index in [4.69, 9.17) is 9.84 Å². The maximum atomic E-state index is 10.7. The maximum Gasteiger partial charge on any atom is 0.303 e. The number of ether oxygens (including phenoxy) is 1. The second-order valence-electron chi connectivity index (χ2n) is 8.85. The number of allylic oxidation sites excluding steroid dienone is 2. The molecule has 0 aromatic heterocycles. The molecule has 0 radical (unpaired) electrons. The third-order valence-corrected chi connectivity index (χ3v) is 7.16. The molecule has 2 saturated heterocycles. The van der Waals surface area contributed by atoms with Gasteiger partial charge in [-0.1, -0.05) is 42.5 Å². The molecular weight excluding hydrogens is 350 g/mol. The summed E-state index contributed by atoms with van der Waals surface area (Å²) in [6, 6.07) is 11.0. The van der Waals surface area contributed by atoms with Crippen molar-refractivity contribution in [2.45, 2.75) is 56.5 Å². The molecule has 0 amide bonds. The van der Waals surface area contributed by atoms with Crippen molar-refractivity contribution in [1.82, 2.24) is 4.90 Å². The van der Waals surface area contributed by atoms with Crippen molar-refractivity contribution in [3.63, 3.8) is 0 Å². The number of likely N-dealkylation sites (tertiary alicyclic amines) is 1. The van der Waals surface area contributed by atoms with Crippen LogP contribution in [0.5, 0.6) is 0 Å². The highest BCUT2D eigenvalue weighted by Gasteiger charge is 2.59. The standard InChI is InChI=1S/C24H33NO3/c26-23(27)13-7-2-1-6-12-21-20(17-25-14-8-9-15-25)22-16-24(21,18-28-22)19-10-4-3-5-11-19/h1,3-6,10-11,20-22H,2,7-9,12-18H2,(H,26,27)/t20-,21-,22-,24-/m0/s1. The van der Waals surface area contributed by atoms with Crippen LogP contribution in [0.4, 0.5) is 0 Å². The first-order valence-corrected chi connectivity index (χ1v) is 11.0. The van der Waals surface area contributed by atoms with Gasteiger partial charge in [-0.15, -0.1) is 0 Å². The van der Waals surface area contributed by atoms with Crippen molar-refractivity contribution < 1.29 is 14.6 Å². The van der Waals surface area contributed by atoms with Gasteiger partial charge in [0.15, 0.2) is 0 Å². The van der Waals surface area contributed by atoms with E-state index in [1.165, 1.54) is 31.5 Å². The lowest BCUT2D eigenvalue weighted by molar-refractivity contribution is -0.137. The highest BCUT2D eigenvalue weighted by atomic mass is 16.5. The normalized spacial score (nSPS) is 32.5. The molecule has 1 aromatic rings. The number of hydrogen-bond donors (Lipinski definition) is 1. The number of hydrogen-bond acceptors (Lipinski definition) is 3. The molecule has 1 saturated carbocycles. The molecule has 4 nitrogen and oxygen atoms in total. The third kappa shape index (κ3) is 4.04. The topological polar surface area (TPSA) is 49.8 Å². The van der Waals surface area contributed by atoms with Crippen molar-refractivity contribution in [1.29, 1.82) is 0 Å². The van der Waals surface area contributed by atoms with Crippen LogP contribution in [-0.2, 0) is 14.9 Å². The maximum absolute atomic E-state index is 10.7. The summed E-state index contributed by atoms with van der Waals surface area (Å²) in [5.74, 6) is 0.494. The molecule has 2 bridgehead atoms.